The summed E-state index contributed by atoms with van der Waals surface area (Å²) in [5, 5.41) is 5.90. The van der Waals surface area contributed by atoms with Crippen LogP contribution in [-0.2, 0) is 6.54 Å². The first kappa shape index (κ1) is 21.5. The molecule has 31 heavy (non-hydrogen) atoms. The zero-order valence-electron chi connectivity index (χ0n) is 18.4. The molecule has 0 saturated heterocycles. The summed E-state index contributed by atoms with van der Waals surface area (Å²) in [6.45, 7) is 11.0. The fourth-order valence-electron chi connectivity index (χ4n) is 3.75. The van der Waals surface area contributed by atoms with Gasteiger partial charge in [-0.25, -0.2) is 4.98 Å². The molecule has 0 radical (unpaired) electrons. The van der Waals surface area contributed by atoms with Gasteiger partial charge in [-0.3, -0.25) is 14.4 Å². The average Bonchev–Trinajstić information content (AvgIpc) is 3.26. The smallest absolute Gasteiger partial charge is 0.260 e. The van der Waals surface area contributed by atoms with Crippen molar-refractivity contribution in [3.05, 3.63) is 75.1 Å². The van der Waals surface area contributed by atoms with E-state index in [0.717, 1.165) is 38.3 Å². The van der Waals surface area contributed by atoms with Gasteiger partial charge in [0.1, 0.15) is 0 Å². The van der Waals surface area contributed by atoms with E-state index in [1.807, 2.05) is 75.7 Å². The SMILES string of the molecule is Cc1ccc(C)c(C(=O)N(CCn2nc(C)cc2C)c2nc3c(C)cc(Cl)cc3s2)c1. The third kappa shape index (κ3) is 4.36. The summed E-state index contributed by atoms with van der Waals surface area (Å²) in [4.78, 5) is 20.3. The Morgan fingerprint density at radius 1 is 1.06 bits per heavy atom. The Bertz CT molecular complexity index is 1290. The van der Waals surface area contributed by atoms with Crippen LogP contribution in [-0.4, -0.2) is 27.2 Å². The van der Waals surface area contributed by atoms with Crippen LogP contribution in [0.15, 0.2) is 36.4 Å². The molecular formula is C24H25ClN4OS. The van der Waals surface area contributed by atoms with Gasteiger partial charge >= 0.3 is 0 Å². The van der Waals surface area contributed by atoms with Crippen LogP contribution in [0.25, 0.3) is 10.2 Å². The van der Waals surface area contributed by atoms with Crippen LogP contribution in [0.2, 0.25) is 5.02 Å². The van der Waals surface area contributed by atoms with Gasteiger partial charge in [-0.15, -0.1) is 0 Å². The number of amides is 1. The highest BCUT2D eigenvalue weighted by molar-refractivity contribution is 7.22. The van der Waals surface area contributed by atoms with E-state index in [4.69, 9.17) is 16.6 Å². The van der Waals surface area contributed by atoms with Crippen molar-refractivity contribution in [1.82, 2.24) is 14.8 Å². The first-order valence-electron chi connectivity index (χ1n) is 10.2. The van der Waals surface area contributed by atoms with E-state index < -0.39 is 0 Å². The summed E-state index contributed by atoms with van der Waals surface area (Å²) >= 11 is 7.75. The van der Waals surface area contributed by atoms with Crippen LogP contribution in [0.3, 0.4) is 0 Å². The van der Waals surface area contributed by atoms with Gasteiger partial charge in [0.05, 0.1) is 22.5 Å². The largest absolute Gasteiger partial charge is 0.282 e. The van der Waals surface area contributed by atoms with Crippen LogP contribution >= 0.6 is 22.9 Å². The van der Waals surface area contributed by atoms with E-state index >= 15 is 0 Å². The molecule has 0 aliphatic carbocycles. The van der Waals surface area contributed by atoms with Crippen molar-refractivity contribution in [3.63, 3.8) is 0 Å². The van der Waals surface area contributed by atoms with Crippen molar-refractivity contribution < 1.29 is 4.79 Å². The van der Waals surface area contributed by atoms with Gasteiger partial charge in [0.2, 0.25) is 0 Å². The van der Waals surface area contributed by atoms with Crippen molar-refractivity contribution >= 4 is 44.2 Å². The third-order valence-corrected chi connectivity index (χ3v) is 6.62. The summed E-state index contributed by atoms with van der Waals surface area (Å²) in [6.07, 6.45) is 0. The second-order valence-electron chi connectivity index (χ2n) is 7.99. The molecule has 0 spiro atoms. The van der Waals surface area contributed by atoms with E-state index in [-0.39, 0.29) is 5.91 Å². The molecule has 160 valence electrons. The summed E-state index contributed by atoms with van der Waals surface area (Å²) in [5.74, 6) is -0.0504. The van der Waals surface area contributed by atoms with Crippen LogP contribution in [0.5, 0.6) is 0 Å². The number of carbonyl (C=O) groups is 1. The number of benzene rings is 2. The molecule has 0 unspecified atom stereocenters. The average molecular weight is 453 g/mol. The van der Waals surface area contributed by atoms with Gasteiger partial charge in [-0.05, 0) is 70.0 Å². The first-order valence-corrected chi connectivity index (χ1v) is 11.4. The molecule has 4 aromatic rings. The van der Waals surface area contributed by atoms with Crippen LogP contribution < -0.4 is 4.90 Å². The molecule has 0 aliphatic rings. The third-order valence-electron chi connectivity index (χ3n) is 5.38. The molecule has 7 heteroatoms. The van der Waals surface area contributed by atoms with Gasteiger partial charge in [0.25, 0.3) is 5.91 Å². The maximum Gasteiger partial charge on any atom is 0.260 e. The zero-order chi connectivity index (χ0) is 22.3. The lowest BCUT2D eigenvalue weighted by Crippen LogP contribution is -2.34. The summed E-state index contributed by atoms with van der Waals surface area (Å²) in [5.41, 5.74) is 6.63. The number of aryl methyl sites for hydroxylation is 5. The Labute approximate surface area is 191 Å². The van der Waals surface area contributed by atoms with Crippen molar-refractivity contribution in [1.29, 1.82) is 0 Å². The summed E-state index contributed by atoms with van der Waals surface area (Å²) < 4.78 is 2.92. The van der Waals surface area contributed by atoms with E-state index in [9.17, 15) is 4.79 Å². The van der Waals surface area contributed by atoms with Gasteiger partial charge in [-0.1, -0.05) is 40.6 Å². The molecule has 0 N–H and O–H groups in total. The molecule has 2 aromatic carbocycles. The molecule has 0 atom stereocenters. The number of nitrogens with zero attached hydrogens (tertiary/aromatic N) is 4. The van der Waals surface area contributed by atoms with E-state index in [2.05, 4.69) is 5.10 Å². The molecular weight excluding hydrogens is 428 g/mol. The van der Waals surface area contributed by atoms with Gasteiger partial charge in [0.15, 0.2) is 5.13 Å². The predicted octanol–water partition coefficient (Wildman–Crippen LogP) is 6.04. The van der Waals surface area contributed by atoms with Gasteiger partial charge in [-0.2, -0.15) is 5.10 Å². The monoisotopic (exact) mass is 452 g/mol. The predicted molar refractivity (Wildman–Crippen MR) is 129 cm³/mol. The minimum Gasteiger partial charge on any atom is -0.282 e. The maximum absolute atomic E-state index is 13.7. The topological polar surface area (TPSA) is 51.0 Å². The van der Waals surface area contributed by atoms with Crippen molar-refractivity contribution in [2.75, 3.05) is 11.4 Å². The minimum atomic E-state index is -0.0504. The Hall–Kier alpha value is -2.70. The molecule has 2 heterocycles. The standard InChI is InChI=1S/C24H25ClN4OS/c1-14-6-7-15(2)20(10-14)23(30)28(8-9-29-18(5)12-17(4)27-29)24-26-22-16(3)11-19(25)13-21(22)31-24/h6-7,10-13H,8-9H2,1-5H3. The lowest BCUT2D eigenvalue weighted by molar-refractivity contribution is 0.0985. The highest BCUT2D eigenvalue weighted by atomic mass is 35.5. The van der Waals surface area contributed by atoms with Crippen molar-refractivity contribution in [2.24, 2.45) is 0 Å². The molecule has 4 rings (SSSR count). The quantitative estimate of drug-likeness (QED) is 0.371. The summed E-state index contributed by atoms with van der Waals surface area (Å²) in [6, 6.07) is 11.8. The van der Waals surface area contributed by atoms with Crippen molar-refractivity contribution in [2.45, 2.75) is 41.2 Å². The lowest BCUT2D eigenvalue weighted by atomic mass is 10.0. The molecule has 0 bridgehead atoms. The maximum atomic E-state index is 13.7. The van der Waals surface area contributed by atoms with Crippen molar-refractivity contribution in [3.8, 4) is 0 Å². The Morgan fingerprint density at radius 3 is 2.55 bits per heavy atom. The second-order valence-corrected chi connectivity index (χ2v) is 9.44. The molecule has 5 nitrogen and oxygen atoms in total. The zero-order valence-corrected chi connectivity index (χ0v) is 19.9. The van der Waals surface area contributed by atoms with E-state index in [0.29, 0.717) is 28.8 Å². The number of aromatic nitrogens is 3. The highest BCUT2D eigenvalue weighted by Gasteiger charge is 2.23. The number of hydrogen-bond acceptors (Lipinski definition) is 4. The second kappa shape index (κ2) is 8.44. The fraction of sp³-hybridized carbons (Fsp3) is 0.292. The number of fused-ring (bicyclic) bond motifs is 1. The molecule has 0 saturated carbocycles. The molecule has 0 fully saturated rings. The number of hydrogen-bond donors (Lipinski definition) is 0. The molecule has 2 aromatic heterocycles. The Morgan fingerprint density at radius 2 is 1.84 bits per heavy atom. The van der Waals surface area contributed by atoms with Gasteiger partial charge < -0.3 is 0 Å². The van der Waals surface area contributed by atoms with Crippen LogP contribution in [0, 0.1) is 34.6 Å². The number of anilines is 1. The Kier molecular flexibility index (Phi) is 5.86. The number of carbonyl (C=O) groups excluding carboxylic acids is 1. The van der Waals surface area contributed by atoms with E-state index in [1.165, 1.54) is 11.3 Å². The first-order chi connectivity index (χ1) is 14.7. The molecule has 1 amide bonds. The van der Waals surface area contributed by atoms with Gasteiger partial charge in [0, 0.05) is 22.8 Å². The minimum absolute atomic E-state index is 0.0504. The normalized spacial score (nSPS) is 11.3. The lowest BCUT2D eigenvalue weighted by Gasteiger charge is -2.21. The van der Waals surface area contributed by atoms with Crippen LogP contribution in [0.1, 0.15) is 38.4 Å². The number of thiazole rings is 1. The molecule has 0 aliphatic heterocycles. The van der Waals surface area contributed by atoms with E-state index in [1.54, 1.807) is 4.90 Å². The summed E-state index contributed by atoms with van der Waals surface area (Å²) in [7, 11) is 0. The Balaban J connectivity index is 1.76. The number of rotatable bonds is 5. The van der Waals surface area contributed by atoms with Crippen LogP contribution in [0.4, 0.5) is 5.13 Å². The number of halogens is 1. The highest BCUT2D eigenvalue weighted by Crippen LogP contribution is 2.34. The fourth-order valence-corrected chi connectivity index (χ4v) is 5.19.